The van der Waals surface area contributed by atoms with Crippen molar-refractivity contribution in [2.75, 3.05) is 12.4 Å². The highest BCUT2D eigenvalue weighted by Gasteiger charge is 2.13. The van der Waals surface area contributed by atoms with E-state index in [0.717, 1.165) is 5.56 Å². The monoisotopic (exact) mass is 342 g/mol. The van der Waals surface area contributed by atoms with Crippen molar-refractivity contribution in [3.8, 4) is 17.1 Å². The summed E-state index contributed by atoms with van der Waals surface area (Å²) < 4.78 is 6.84. The van der Waals surface area contributed by atoms with Gasteiger partial charge in [0.2, 0.25) is 0 Å². The van der Waals surface area contributed by atoms with Gasteiger partial charge in [-0.05, 0) is 42.5 Å². The fourth-order valence-electron chi connectivity index (χ4n) is 2.23. The standard InChI is InChI=1S/C17H15ClN4O2/c1-22-10-19-16(21-22)11-3-6-13(7-4-11)20-17(23)14-9-12(18)5-8-15(14)24-2/h3-10H,1-2H3,(H,20,23). The second kappa shape index (κ2) is 6.72. The van der Waals surface area contributed by atoms with Crippen LogP contribution in [0, 0.1) is 0 Å². The van der Waals surface area contributed by atoms with E-state index in [1.807, 2.05) is 19.2 Å². The zero-order chi connectivity index (χ0) is 17.1. The average Bonchev–Trinajstić information content (AvgIpc) is 3.02. The molecule has 0 aliphatic heterocycles. The molecule has 0 unspecified atom stereocenters. The lowest BCUT2D eigenvalue weighted by atomic mass is 10.1. The Labute approximate surface area is 144 Å². The lowest BCUT2D eigenvalue weighted by Crippen LogP contribution is -2.13. The highest BCUT2D eigenvalue weighted by Crippen LogP contribution is 2.24. The molecule has 0 saturated carbocycles. The summed E-state index contributed by atoms with van der Waals surface area (Å²) >= 11 is 5.96. The number of aryl methyl sites for hydroxylation is 1. The summed E-state index contributed by atoms with van der Waals surface area (Å²) in [4.78, 5) is 16.6. The molecule has 122 valence electrons. The smallest absolute Gasteiger partial charge is 0.259 e. The Balaban J connectivity index is 1.79. The summed E-state index contributed by atoms with van der Waals surface area (Å²) in [5, 5.41) is 7.53. The molecule has 2 aromatic carbocycles. The number of rotatable bonds is 4. The minimum Gasteiger partial charge on any atom is -0.496 e. The molecule has 0 aliphatic carbocycles. The van der Waals surface area contributed by atoms with Crippen molar-refractivity contribution in [1.29, 1.82) is 0 Å². The number of nitrogens with one attached hydrogen (secondary N) is 1. The van der Waals surface area contributed by atoms with Crippen molar-refractivity contribution in [2.45, 2.75) is 0 Å². The van der Waals surface area contributed by atoms with Gasteiger partial charge in [0.1, 0.15) is 12.1 Å². The molecule has 24 heavy (non-hydrogen) atoms. The van der Waals surface area contributed by atoms with Gasteiger partial charge in [0.05, 0.1) is 12.7 Å². The van der Waals surface area contributed by atoms with E-state index in [0.29, 0.717) is 27.8 Å². The fraction of sp³-hybridized carbons (Fsp3) is 0.118. The third-order valence-corrected chi connectivity index (χ3v) is 3.64. The van der Waals surface area contributed by atoms with Crippen molar-refractivity contribution in [1.82, 2.24) is 14.8 Å². The van der Waals surface area contributed by atoms with Crippen LogP contribution in [0.3, 0.4) is 0 Å². The molecule has 0 spiro atoms. The predicted molar refractivity (Wildman–Crippen MR) is 92.4 cm³/mol. The van der Waals surface area contributed by atoms with E-state index in [4.69, 9.17) is 16.3 Å². The van der Waals surface area contributed by atoms with Crippen LogP contribution in [0.4, 0.5) is 5.69 Å². The van der Waals surface area contributed by atoms with Crippen LogP contribution in [0.25, 0.3) is 11.4 Å². The van der Waals surface area contributed by atoms with Crippen LogP contribution in [0.5, 0.6) is 5.75 Å². The van der Waals surface area contributed by atoms with E-state index >= 15 is 0 Å². The fourth-order valence-corrected chi connectivity index (χ4v) is 2.40. The lowest BCUT2D eigenvalue weighted by Gasteiger charge is -2.10. The number of hydrogen-bond donors (Lipinski definition) is 1. The van der Waals surface area contributed by atoms with Crippen LogP contribution in [0.1, 0.15) is 10.4 Å². The molecule has 0 fully saturated rings. The Hall–Kier alpha value is -2.86. The van der Waals surface area contributed by atoms with Gasteiger partial charge >= 0.3 is 0 Å². The predicted octanol–water partition coefficient (Wildman–Crippen LogP) is 3.40. The number of hydrogen-bond acceptors (Lipinski definition) is 4. The first kappa shape index (κ1) is 16.0. The van der Waals surface area contributed by atoms with E-state index in [-0.39, 0.29) is 5.91 Å². The van der Waals surface area contributed by atoms with Gasteiger partial charge in [-0.15, -0.1) is 0 Å². The van der Waals surface area contributed by atoms with Gasteiger partial charge in [0.25, 0.3) is 5.91 Å². The number of anilines is 1. The molecule has 1 heterocycles. The van der Waals surface area contributed by atoms with Crippen molar-refractivity contribution >= 4 is 23.2 Å². The van der Waals surface area contributed by atoms with E-state index in [2.05, 4.69) is 15.4 Å². The number of nitrogens with zero attached hydrogens (tertiary/aromatic N) is 3. The van der Waals surface area contributed by atoms with Gasteiger partial charge < -0.3 is 10.1 Å². The molecule has 0 bridgehead atoms. The Morgan fingerprint density at radius 3 is 2.58 bits per heavy atom. The molecule has 1 amide bonds. The molecule has 3 rings (SSSR count). The summed E-state index contributed by atoms with van der Waals surface area (Å²) in [5.41, 5.74) is 1.90. The van der Waals surface area contributed by atoms with Crippen LogP contribution in [-0.2, 0) is 7.05 Å². The maximum absolute atomic E-state index is 12.4. The Morgan fingerprint density at radius 1 is 1.21 bits per heavy atom. The summed E-state index contributed by atoms with van der Waals surface area (Å²) in [5.74, 6) is 0.802. The average molecular weight is 343 g/mol. The maximum Gasteiger partial charge on any atom is 0.259 e. The molecule has 0 atom stereocenters. The zero-order valence-corrected chi connectivity index (χ0v) is 13.9. The van der Waals surface area contributed by atoms with Crippen LogP contribution >= 0.6 is 11.6 Å². The van der Waals surface area contributed by atoms with E-state index < -0.39 is 0 Å². The summed E-state index contributed by atoms with van der Waals surface area (Å²) in [7, 11) is 3.32. The van der Waals surface area contributed by atoms with Crippen molar-refractivity contribution in [2.24, 2.45) is 7.05 Å². The van der Waals surface area contributed by atoms with Crippen molar-refractivity contribution < 1.29 is 9.53 Å². The second-order valence-corrected chi connectivity index (χ2v) is 5.55. The lowest BCUT2D eigenvalue weighted by molar-refractivity contribution is 0.102. The molecule has 3 aromatic rings. The molecule has 7 heteroatoms. The first-order valence-corrected chi connectivity index (χ1v) is 7.55. The number of benzene rings is 2. The van der Waals surface area contributed by atoms with Gasteiger partial charge in [-0.3, -0.25) is 9.48 Å². The zero-order valence-electron chi connectivity index (χ0n) is 13.2. The van der Waals surface area contributed by atoms with E-state index in [1.165, 1.54) is 7.11 Å². The quantitative estimate of drug-likeness (QED) is 0.789. The highest BCUT2D eigenvalue weighted by atomic mass is 35.5. The number of halogens is 1. The Bertz CT molecular complexity index is 875. The summed E-state index contributed by atoms with van der Waals surface area (Å²) in [6.07, 6.45) is 1.64. The van der Waals surface area contributed by atoms with Gasteiger partial charge in [-0.25, -0.2) is 4.98 Å². The molecular formula is C17H15ClN4O2. The van der Waals surface area contributed by atoms with Crippen molar-refractivity contribution in [3.63, 3.8) is 0 Å². The number of carbonyl (C=O) groups excluding carboxylic acids is 1. The Morgan fingerprint density at radius 2 is 1.96 bits per heavy atom. The van der Waals surface area contributed by atoms with Crippen LogP contribution in [0.2, 0.25) is 5.02 Å². The van der Waals surface area contributed by atoms with Gasteiger partial charge in [0.15, 0.2) is 5.82 Å². The number of ether oxygens (including phenoxy) is 1. The number of methoxy groups -OCH3 is 1. The minimum absolute atomic E-state index is 0.293. The first-order valence-electron chi connectivity index (χ1n) is 7.18. The molecule has 0 aliphatic rings. The molecule has 1 aromatic heterocycles. The largest absolute Gasteiger partial charge is 0.496 e. The molecule has 0 saturated heterocycles. The third-order valence-electron chi connectivity index (χ3n) is 3.41. The second-order valence-electron chi connectivity index (χ2n) is 5.12. The number of carbonyl (C=O) groups is 1. The molecule has 6 nitrogen and oxygen atoms in total. The van der Waals surface area contributed by atoms with Crippen LogP contribution in [0.15, 0.2) is 48.8 Å². The van der Waals surface area contributed by atoms with Gasteiger partial charge in [0, 0.05) is 23.3 Å². The first-order chi connectivity index (χ1) is 11.6. The maximum atomic E-state index is 12.4. The van der Waals surface area contributed by atoms with Crippen molar-refractivity contribution in [3.05, 3.63) is 59.4 Å². The summed E-state index contributed by atoms with van der Waals surface area (Å²) in [6, 6.07) is 12.2. The normalized spacial score (nSPS) is 10.5. The minimum atomic E-state index is -0.293. The molecular weight excluding hydrogens is 328 g/mol. The Kier molecular flexibility index (Phi) is 4.48. The molecule has 0 radical (unpaired) electrons. The van der Waals surface area contributed by atoms with E-state index in [1.54, 1.807) is 41.3 Å². The third kappa shape index (κ3) is 3.38. The van der Waals surface area contributed by atoms with Crippen LogP contribution in [-0.4, -0.2) is 27.8 Å². The van der Waals surface area contributed by atoms with Gasteiger partial charge in [-0.1, -0.05) is 11.6 Å². The number of aromatic nitrogens is 3. The van der Waals surface area contributed by atoms with Crippen LogP contribution < -0.4 is 10.1 Å². The SMILES string of the molecule is COc1ccc(Cl)cc1C(=O)Nc1ccc(-c2ncn(C)n2)cc1. The topological polar surface area (TPSA) is 69.0 Å². The molecule has 1 N–H and O–H groups in total. The number of amides is 1. The highest BCUT2D eigenvalue weighted by molar-refractivity contribution is 6.31. The van der Waals surface area contributed by atoms with Gasteiger partial charge in [-0.2, -0.15) is 5.10 Å². The summed E-state index contributed by atoms with van der Waals surface area (Å²) in [6.45, 7) is 0. The van der Waals surface area contributed by atoms with E-state index in [9.17, 15) is 4.79 Å².